The molecule has 2 aliphatic carbocycles. The van der Waals surface area contributed by atoms with Crippen LogP contribution in [0.4, 0.5) is 0 Å². The first-order valence-corrected chi connectivity index (χ1v) is 24.7. The van der Waals surface area contributed by atoms with Crippen molar-refractivity contribution in [2.75, 3.05) is 26.4 Å². The minimum Gasteiger partial charge on any atom is -0.489 e. The fourth-order valence-corrected chi connectivity index (χ4v) is 10.9. The number of nitrogens with one attached hydrogen (secondary N) is 3. The van der Waals surface area contributed by atoms with Crippen molar-refractivity contribution in [2.24, 2.45) is 16.2 Å². The zero-order chi connectivity index (χ0) is 50.5. The number of hydrogen-bond acceptors (Lipinski definition) is 10. The zero-order valence-electron chi connectivity index (χ0n) is 41.5. The van der Waals surface area contributed by atoms with Gasteiger partial charge < -0.3 is 40.2 Å². The Morgan fingerprint density at radius 1 is 0.914 bits per heavy atom. The number of carbonyl (C=O) groups excluding carboxylic acids is 4. The second-order valence-electron chi connectivity index (χ2n) is 21.3. The summed E-state index contributed by atoms with van der Waals surface area (Å²) in [5.41, 5.74) is 3.35. The Balaban J connectivity index is 0.843. The van der Waals surface area contributed by atoms with Gasteiger partial charge in [-0.1, -0.05) is 109 Å². The standard InChI is InChI=1S/C55H67ClN6O8/c1-33(34-13-15-36(16-14-34)35-11-9-10-12-35)59-49(66)44-27-41(63)31-62(44)50(67)47(53(2,3)4)60-45(64)32-68-25-26-69-46-24-22-40(30-58-46)37-17-19-38(20-18-37)48(65)61-51-54(5,6)52(55(51,7)8)70-42-23-21-39(29-57)43(56)28-42/h13-24,28,30,33,35,41,44,47,51-52,63H,9-12,25-27,31-32H2,1-8H3,(H,59,66)(H,60,64)(H,61,65)/t33-,41+,44-,47+,51?,52?/m0/s1. The molecule has 7 rings (SSSR count). The number of β-amino-alcohol motifs (C(OH)–C–C–N with tert-alkyl or cyclic N) is 1. The van der Waals surface area contributed by atoms with Crippen molar-refractivity contribution >= 4 is 35.2 Å². The average molecular weight is 976 g/mol. The minimum absolute atomic E-state index is 0.0189. The van der Waals surface area contributed by atoms with Gasteiger partial charge in [-0.2, -0.15) is 5.26 Å². The third-order valence-electron chi connectivity index (χ3n) is 14.3. The van der Waals surface area contributed by atoms with E-state index >= 15 is 0 Å². The molecule has 3 fully saturated rings. The van der Waals surface area contributed by atoms with Crippen LogP contribution in [0.1, 0.15) is 127 Å². The Morgan fingerprint density at radius 3 is 2.20 bits per heavy atom. The molecule has 4 amide bonds. The number of ether oxygens (including phenoxy) is 3. The lowest BCUT2D eigenvalue weighted by atomic mass is 9.49. The van der Waals surface area contributed by atoms with Gasteiger partial charge in [0.25, 0.3) is 5.91 Å². The van der Waals surface area contributed by atoms with Crippen LogP contribution >= 0.6 is 11.6 Å². The van der Waals surface area contributed by atoms with E-state index in [2.05, 4.69) is 79.0 Å². The zero-order valence-corrected chi connectivity index (χ0v) is 42.3. The number of nitrogens with zero attached hydrogens (tertiary/aromatic N) is 3. The van der Waals surface area contributed by atoms with Gasteiger partial charge >= 0.3 is 0 Å². The second-order valence-corrected chi connectivity index (χ2v) is 21.7. The lowest BCUT2D eigenvalue weighted by molar-refractivity contribution is -0.164. The van der Waals surface area contributed by atoms with Crippen molar-refractivity contribution in [3.05, 3.63) is 112 Å². The summed E-state index contributed by atoms with van der Waals surface area (Å²) in [5, 5.41) is 29.3. The molecule has 0 radical (unpaired) electrons. The van der Waals surface area contributed by atoms with Crippen molar-refractivity contribution < 1.29 is 38.5 Å². The fraction of sp³-hybridized carbons (Fsp3) is 0.491. The Morgan fingerprint density at radius 2 is 1.59 bits per heavy atom. The third-order valence-corrected chi connectivity index (χ3v) is 14.6. The Hall–Kier alpha value is -6.01. The van der Waals surface area contributed by atoms with Crippen LogP contribution in [0, 0.1) is 27.6 Å². The van der Waals surface area contributed by atoms with E-state index in [1.807, 2.05) is 45.9 Å². The predicted octanol–water partition coefficient (Wildman–Crippen LogP) is 8.31. The molecule has 0 spiro atoms. The average Bonchev–Trinajstić information content (AvgIpc) is 4.02. The molecule has 15 heteroatoms. The molecular weight excluding hydrogens is 908 g/mol. The molecule has 0 bridgehead atoms. The first-order chi connectivity index (χ1) is 33.2. The van der Waals surface area contributed by atoms with Crippen LogP contribution in [0.25, 0.3) is 11.1 Å². The molecule has 1 aliphatic heterocycles. The number of halogens is 1. The van der Waals surface area contributed by atoms with Crippen molar-refractivity contribution in [1.29, 1.82) is 5.26 Å². The van der Waals surface area contributed by atoms with Gasteiger partial charge in [0.15, 0.2) is 0 Å². The number of aliphatic hydroxyl groups is 1. The molecule has 4 atom stereocenters. The summed E-state index contributed by atoms with van der Waals surface area (Å²) in [7, 11) is 0. The number of benzene rings is 3. The molecule has 2 heterocycles. The highest BCUT2D eigenvalue weighted by Gasteiger charge is 2.64. The van der Waals surface area contributed by atoms with Gasteiger partial charge in [0.05, 0.1) is 29.3 Å². The Labute approximate surface area is 416 Å². The highest BCUT2D eigenvalue weighted by atomic mass is 35.5. The molecule has 372 valence electrons. The van der Waals surface area contributed by atoms with Crippen molar-refractivity contribution in [3.63, 3.8) is 0 Å². The molecular formula is C55H67ClN6O8. The number of amides is 4. The molecule has 3 aliphatic rings. The van der Waals surface area contributed by atoms with Crippen LogP contribution < -0.4 is 25.4 Å². The van der Waals surface area contributed by atoms with Crippen LogP contribution in [-0.2, 0) is 19.1 Å². The van der Waals surface area contributed by atoms with E-state index < -0.39 is 46.2 Å². The topological polar surface area (TPSA) is 192 Å². The molecule has 0 unspecified atom stereocenters. The summed E-state index contributed by atoms with van der Waals surface area (Å²) >= 11 is 6.25. The number of rotatable bonds is 17. The first kappa shape index (κ1) is 51.8. The van der Waals surface area contributed by atoms with Gasteiger partial charge in [-0.3, -0.25) is 19.2 Å². The van der Waals surface area contributed by atoms with E-state index in [-0.39, 0.29) is 62.8 Å². The smallest absolute Gasteiger partial charge is 0.251 e. The lowest BCUT2D eigenvalue weighted by Crippen LogP contribution is -2.74. The summed E-state index contributed by atoms with van der Waals surface area (Å²) in [5.74, 6) is 0.0230. The number of nitriles is 1. The number of hydrogen-bond donors (Lipinski definition) is 4. The van der Waals surface area contributed by atoms with Crippen LogP contribution in [0.5, 0.6) is 11.6 Å². The van der Waals surface area contributed by atoms with Crippen LogP contribution in [-0.4, -0.2) is 95.3 Å². The number of pyridine rings is 1. The van der Waals surface area contributed by atoms with E-state index in [1.54, 1.807) is 42.6 Å². The van der Waals surface area contributed by atoms with Crippen molar-refractivity contribution in [3.8, 4) is 28.8 Å². The third kappa shape index (κ3) is 11.8. The second kappa shape index (κ2) is 21.5. The number of aromatic nitrogens is 1. The summed E-state index contributed by atoms with van der Waals surface area (Å²) in [6.45, 7) is 15.5. The summed E-state index contributed by atoms with van der Waals surface area (Å²) < 4.78 is 17.7. The maximum Gasteiger partial charge on any atom is 0.251 e. The minimum atomic E-state index is -0.984. The van der Waals surface area contributed by atoms with Gasteiger partial charge in [0.1, 0.15) is 43.2 Å². The summed E-state index contributed by atoms with van der Waals surface area (Å²) in [6, 6.07) is 24.0. The summed E-state index contributed by atoms with van der Waals surface area (Å²) in [6.07, 6.45) is 5.60. The molecule has 4 aromatic rings. The van der Waals surface area contributed by atoms with E-state index in [0.717, 1.165) is 16.7 Å². The molecule has 70 heavy (non-hydrogen) atoms. The maximum atomic E-state index is 14.1. The number of likely N-dealkylation sites (tertiary alicyclic amines) is 1. The van der Waals surface area contributed by atoms with E-state index in [9.17, 15) is 29.5 Å². The normalized spacial score (nSPS) is 21.4. The summed E-state index contributed by atoms with van der Waals surface area (Å²) in [4.78, 5) is 60.2. The molecule has 1 saturated heterocycles. The van der Waals surface area contributed by atoms with Crippen LogP contribution in [0.3, 0.4) is 0 Å². The largest absolute Gasteiger partial charge is 0.489 e. The Bertz CT molecular complexity index is 2530. The van der Waals surface area contributed by atoms with E-state index in [0.29, 0.717) is 33.7 Å². The monoisotopic (exact) mass is 974 g/mol. The van der Waals surface area contributed by atoms with Crippen LogP contribution in [0.15, 0.2) is 85.1 Å². The highest BCUT2D eigenvalue weighted by Crippen LogP contribution is 2.55. The molecule has 14 nitrogen and oxygen atoms in total. The predicted molar refractivity (Wildman–Crippen MR) is 267 cm³/mol. The van der Waals surface area contributed by atoms with Gasteiger partial charge in [0.2, 0.25) is 23.6 Å². The van der Waals surface area contributed by atoms with E-state index in [1.165, 1.54) is 36.1 Å². The van der Waals surface area contributed by atoms with E-state index in [4.69, 9.17) is 25.8 Å². The molecule has 3 aromatic carbocycles. The molecule has 2 saturated carbocycles. The Kier molecular flexibility index (Phi) is 16.0. The fourth-order valence-electron chi connectivity index (χ4n) is 10.7. The van der Waals surface area contributed by atoms with Gasteiger partial charge in [-0.25, -0.2) is 4.98 Å². The lowest BCUT2D eigenvalue weighted by Gasteiger charge is -2.63. The number of carbonyl (C=O) groups is 4. The van der Waals surface area contributed by atoms with Gasteiger partial charge in [-0.15, -0.1) is 0 Å². The van der Waals surface area contributed by atoms with Gasteiger partial charge in [0, 0.05) is 59.3 Å². The number of aliphatic hydroxyl groups excluding tert-OH is 1. The van der Waals surface area contributed by atoms with Crippen molar-refractivity contribution in [2.45, 2.75) is 130 Å². The quantitative estimate of drug-likeness (QED) is 0.0749. The highest BCUT2D eigenvalue weighted by molar-refractivity contribution is 6.31. The SMILES string of the molecule is C[C@H](NC(=O)[C@@H]1C[C@@H](O)CN1C(=O)[C@@H](NC(=O)COCCOc1ccc(-c2ccc(C(=O)NC3C(C)(C)C(Oc4ccc(C#N)c(Cl)c4)C3(C)C)cc2)cn1)C(C)(C)C)c1ccc(C2CCCC2)cc1. The van der Waals surface area contributed by atoms with Crippen molar-refractivity contribution in [1.82, 2.24) is 25.8 Å². The van der Waals surface area contributed by atoms with Gasteiger partial charge in [-0.05, 0) is 78.1 Å². The van der Waals surface area contributed by atoms with Crippen LogP contribution in [0.2, 0.25) is 5.02 Å². The first-order valence-electron chi connectivity index (χ1n) is 24.3. The molecule has 4 N–H and O–H groups in total. The molecule has 1 aromatic heterocycles. The maximum absolute atomic E-state index is 14.1.